The summed E-state index contributed by atoms with van der Waals surface area (Å²) in [5.41, 5.74) is 2.14. The fraction of sp³-hybridized carbons (Fsp3) is 0.167. The molecule has 0 aliphatic heterocycles. The van der Waals surface area contributed by atoms with Crippen molar-refractivity contribution in [2.24, 2.45) is 0 Å². The zero-order valence-electron chi connectivity index (χ0n) is 14.0. The van der Waals surface area contributed by atoms with Gasteiger partial charge in [0.2, 0.25) is 11.6 Å². The van der Waals surface area contributed by atoms with Crippen molar-refractivity contribution >= 4 is 28.3 Å². The van der Waals surface area contributed by atoms with Gasteiger partial charge in [-0.25, -0.2) is 4.79 Å². The van der Waals surface area contributed by atoms with E-state index in [9.17, 15) is 4.79 Å². The summed E-state index contributed by atoms with van der Waals surface area (Å²) in [4.78, 5) is 16.6. The lowest BCUT2D eigenvalue weighted by molar-refractivity contribution is 0.0395. The summed E-state index contributed by atoms with van der Waals surface area (Å²) in [6, 6.07) is 7.22. The van der Waals surface area contributed by atoms with E-state index in [1.807, 2.05) is 22.9 Å². The Balaban J connectivity index is 1.50. The molecular formula is C18H14N2O5S. The Morgan fingerprint density at radius 1 is 1.31 bits per heavy atom. The number of hydrogen-bond donors (Lipinski definition) is 0. The van der Waals surface area contributed by atoms with Crippen LogP contribution >= 0.6 is 11.3 Å². The predicted molar refractivity (Wildman–Crippen MR) is 94.2 cm³/mol. The van der Waals surface area contributed by atoms with E-state index in [0.29, 0.717) is 22.7 Å². The van der Waals surface area contributed by atoms with Gasteiger partial charge in [-0.05, 0) is 36.6 Å². The highest BCUT2D eigenvalue weighted by molar-refractivity contribution is 7.08. The van der Waals surface area contributed by atoms with Gasteiger partial charge in [0.25, 0.3) is 5.89 Å². The normalized spacial score (nSPS) is 11.0. The lowest BCUT2D eigenvalue weighted by atomic mass is 10.1. The first-order valence-electron chi connectivity index (χ1n) is 7.75. The van der Waals surface area contributed by atoms with Gasteiger partial charge in [0.1, 0.15) is 11.3 Å². The van der Waals surface area contributed by atoms with Crippen LogP contribution in [0.4, 0.5) is 0 Å². The topological polar surface area (TPSA) is 87.6 Å². The Hall–Kier alpha value is -3.13. The van der Waals surface area contributed by atoms with Crippen molar-refractivity contribution in [3.63, 3.8) is 0 Å². The van der Waals surface area contributed by atoms with Crippen molar-refractivity contribution in [2.45, 2.75) is 13.5 Å². The number of aromatic nitrogens is 2. The van der Waals surface area contributed by atoms with Gasteiger partial charge < -0.3 is 18.4 Å². The molecule has 0 aliphatic rings. The van der Waals surface area contributed by atoms with Crippen LogP contribution in [0, 0.1) is 6.92 Å². The van der Waals surface area contributed by atoms with Gasteiger partial charge in [-0.1, -0.05) is 5.16 Å². The number of ether oxygens (including phenoxy) is 2. The minimum absolute atomic E-state index is 0.129. The SMILES string of the molecule is COc1ccc2oc(C(=O)OCc3nc(-c4ccsc4)no3)c(C)c2c1. The molecule has 0 saturated heterocycles. The van der Waals surface area contributed by atoms with Gasteiger partial charge in [-0.2, -0.15) is 16.3 Å². The molecule has 0 radical (unpaired) electrons. The van der Waals surface area contributed by atoms with Crippen LogP contribution in [0.25, 0.3) is 22.4 Å². The molecule has 0 spiro atoms. The average molecular weight is 370 g/mol. The standard InChI is InChI=1S/C18H14N2O5S/c1-10-13-7-12(22-2)3-4-14(13)24-16(10)18(21)23-8-15-19-17(20-25-15)11-5-6-26-9-11/h3-7,9H,8H2,1-2H3. The Morgan fingerprint density at radius 3 is 2.96 bits per heavy atom. The van der Waals surface area contributed by atoms with E-state index in [2.05, 4.69) is 10.1 Å². The van der Waals surface area contributed by atoms with Gasteiger partial charge in [0.15, 0.2) is 6.61 Å². The number of carbonyl (C=O) groups excluding carboxylic acids is 1. The number of benzene rings is 1. The highest BCUT2D eigenvalue weighted by Gasteiger charge is 2.20. The molecule has 0 N–H and O–H groups in total. The Kier molecular flexibility index (Phi) is 4.18. The molecule has 7 nitrogen and oxygen atoms in total. The maximum atomic E-state index is 12.4. The van der Waals surface area contributed by atoms with Crippen LogP contribution in [-0.4, -0.2) is 23.2 Å². The zero-order chi connectivity index (χ0) is 18.1. The molecular weight excluding hydrogens is 356 g/mol. The monoisotopic (exact) mass is 370 g/mol. The van der Waals surface area contributed by atoms with Gasteiger partial charge >= 0.3 is 5.97 Å². The van der Waals surface area contributed by atoms with Crippen LogP contribution < -0.4 is 4.74 Å². The molecule has 4 rings (SSSR count). The molecule has 4 aromatic rings. The van der Waals surface area contributed by atoms with Crippen LogP contribution in [0.15, 0.2) is 44.0 Å². The summed E-state index contributed by atoms with van der Waals surface area (Å²) < 4.78 is 21.2. The molecule has 0 bridgehead atoms. The fourth-order valence-corrected chi connectivity index (χ4v) is 3.17. The quantitative estimate of drug-likeness (QED) is 0.486. The van der Waals surface area contributed by atoms with E-state index in [0.717, 1.165) is 10.9 Å². The molecule has 1 aromatic carbocycles. The number of methoxy groups -OCH3 is 1. The summed E-state index contributed by atoms with van der Waals surface area (Å²) >= 11 is 1.54. The third kappa shape index (κ3) is 2.95. The van der Waals surface area contributed by atoms with Crippen LogP contribution in [0.5, 0.6) is 5.75 Å². The van der Waals surface area contributed by atoms with E-state index in [1.54, 1.807) is 26.2 Å². The molecule has 3 aromatic heterocycles. The first kappa shape index (κ1) is 16.3. The number of nitrogens with zero attached hydrogens (tertiary/aromatic N) is 2. The number of esters is 1. The van der Waals surface area contributed by atoms with Crippen molar-refractivity contribution in [2.75, 3.05) is 7.11 Å². The highest BCUT2D eigenvalue weighted by Crippen LogP contribution is 2.29. The fourth-order valence-electron chi connectivity index (χ4n) is 2.54. The number of carbonyl (C=O) groups is 1. The van der Waals surface area contributed by atoms with Crippen molar-refractivity contribution in [3.05, 3.63) is 52.2 Å². The summed E-state index contributed by atoms with van der Waals surface area (Å²) in [6.45, 7) is 1.67. The molecule has 0 amide bonds. The van der Waals surface area contributed by atoms with E-state index < -0.39 is 5.97 Å². The highest BCUT2D eigenvalue weighted by atomic mass is 32.1. The molecule has 3 heterocycles. The van der Waals surface area contributed by atoms with Crippen molar-refractivity contribution in [3.8, 4) is 17.1 Å². The van der Waals surface area contributed by atoms with Gasteiger partial charge in [-0.15, -0.1) is 0 Å². The molecule has 8 heteroatoms. The minimum Gasteiger partial charge on any atom is -0.497 e. The van der Waals surface area contributed by atoms with E-state index in [4.69, 9.17) is 18.4 Å². The molecule has 0 aliphatic carbocycles. The van der Waals surface area contributed by atoms with Gasteiger partial charge in [-0.3, -0.25) is 0 Å². The van der Waals surface area contributed by atoms with E-state index >= 15 is 0 Å². The van der Waals surface area contributed by atoms with Crippen molar-refractivity contribution in [1.82, 2.24) is 10.1 Å². The first-order chi connectivity index (χ1) is 12.7. The van der Waals surface area contributed by atoms with Crippen LogP contribution in [0.1, 0.15) is 22.0 Å². The number of thiophene rings is 1. The third-order valence-electron chi connectivity index (χ3n) is 3.90. The number of furan rings is 1. The summed E-state index contributed by atoms with van der Waals surface area (Å²) in [5, 5.41) is 8.50. The third-order valence-corrected chi connectivity index (χ3v) is 4.59. The second-order valence-corrected chi connectivity index (χ2v) is 6.30. The molecule has 0 fully saturated rings. The Labute approximate surface area is 152 Å². The van der Waals surface area contributed by atoms with Crippen LogP contribution in [-0.2, 0) is 11.3 Å². The largest absolute Gasteiger partial charge is 0.497 e. The van der Waals surface area contributed by atoms with Gasteiger partial charge in [0, 0.05) is 21.9 Å². The summed E-state index contributed by atoms with van der Waals surface area (Å²) in [5.74, 6) is 0.922. The lowest BCUT2D eigenvalue weighted by Crippen LogP contribution is -2.05. The second kappa shape index (κ2) is 6.64. The van der Waals surface area contributed by atoms with Crippen LogP contribution in [0.3, 0.4) is 0 Å². The maximum Gasteiger partial charge on any atom is 0.375 e. The molecule has 132 valence electrons. The Bertz CT molecular complexity index is 1060. The number of fused-ring (bicyclic) bond motifs is 1. The first-order valence-corrected chi connectivity index (χ1v) is 8.69. The summed E-state index contributed by atoms with van der Waals surface area (Å²) in [7, 11) is 1.58. The van der Waals surface area contributed by atoms with Crippen LogP contribution in [0.2, 0.25) is 0 Å². The maximum absolute atomic E-state index is 12.4. The van der Waals surface area contributed by atoms with Gasteiger partial charge in [0.05, 0.1) is 7.11 Å². The average Bonchev–Trinajstić information content (AvgIpc) is 3.39. The second-order valence-electron chi connectivity index (χ2n) is 5.52. The molecule has 0 unspecified atom stereocenters. The molecule has 26 heavy (non-hydrogen) atoms. The van der Waals surface area contributed by atoms with Crippen molar-refractivity contribution < 1.29 is 23.2 Å². The van der Waals surface area contributed by atoms with E-state index in [-0.39, 0.29) is 18.3 Å². The lowest BCUT2D eigenvalue weighted by Gasteiger charge is -1.99. The minimum atomic E-state index is -0.590. The smallest absolute Gasteiger partial charge is 0.375 e. The Morgan fingerprint density at radius 2 is 2.19 bits per heavy atom. The number of aryl methyl sites for hydroxylation is 1. The predicted octanol–water partition coefficient (Wildman–Crippen LogP) is 4.22. The molecule has 0 saturated carbocycles. The number of hydrogen-bond acceptors (Lipinski definition) is 8. The summed E-state index contributed by atoms with van der Waals surface area (Å²) in [6.07, 6.45) is 0. The van der Waals surface area contributed by atoms with Crippen molar-refractivity contribution in [1.29, 1.82) is 0 Å². The molecule has 0 atom stereocenters. The number of rotatable bonds is 5. The zero-order valence-corrected chi connectivity index (χ0v) is 14.8. The van der Waals surface area contributed by atoms with E-state index in [1.165, 1.54) is 11.3 Å².